The Labute approximate surface area is 120 Å². The van der Waals surface area contributed by atoms with E-state index >= 15 is 0 Å². The number of nitrogens with one attached hydrogen (secondary N) is 1. The van der Waals surface area contributed by atoms with Crippen molar-refractivity contribution in [2.24, 2.45) is 0 Å². The van der Waals surface area contributed by atoms with E-state index in [2.05, 4.69) is 33.7 Å². The Hall–Kier alpha value is -1.88. The second-order valence-electron chi connectivity index (χ2n) is 4.57. The Morgan fingerprint density at radius 1 is 1.30 bits per heavy atom. The van der Waals surface area contributed by atoms with Crippen LogP contribution in [0.5, 0.6) is 5.88 Å². The molecule has 5 heteroatoms. The van der Waals surface area contributed by atoms with E-state index in [1.807, 2.05) is 24.5 Å². The van der Waals surface area contributed by atoms with Gasteiger partial charge in [-0.05, 0) is 19.0 Å². The first-order valence-corrected chi connectivity index (χ1v) is 7.05. The molecule has 1 unspecified atom stereocenters. The molecular formula is C15H22N4O. The molecule has 2 aromatic heterocycles. The van der Waals surface area contributed by atoms with Gasteiger partial charge in [-0.15, -0.1) is 0 Å². The van der Waals surface area contributed by atoms with Gasteiger partial charge in [-0.2, -0.15) is 0 Å². The smallest absolute Gasteiger partial charge is 0.218 e. The van der Waals surface area contributed by atoms with Crippen LogP contribution in [0.4, 0.5) is 0 Å². The molecule has 0 bridgehead atoms. The summed E-state index contributed by atoms with van der Waals surface area (Å²) in [7, 11) is 1.65. The molecule has 2 heterocycles. The van der Waals surface area contributed by atoms with E-state index < -0.39 is 0 Å². The molecule has 0 aliphatic rings. The van der Waals surface area contributed by atoms with Gasteiger partial charge in [0.15, 0.2) is 0 Å². The number of rotatable bonds is 7. The molecule has 0 saturated heterocycles. The number of methoxy groups -OCH3 is 1. The zero-order chi connectivity index (χ0) is 14.4. The molecule has 20 heavy (non-hydrogen) atoms. The van der Waals surface area contributed by atoms with E-state index in [0.717, 1.165) is 30.9 Å². The molecule has 0 aromatic carbocycles. The first-order valence-electron chi connectivity index (χ1n) is 7.05. The van der Waals surface area contributed by atoms with Gasteiger partial charge in [0.2, 0.25) is 5.88 Å². The van der Waals surface area contributed by atoms with Crippen LogP contribution in [0.15, 0.2) is 30.7 Å². The van der Waals surface area contributed by atoms with Gasteiger partial charge in [-0.25, -0.2) is 9.97 Å². The molecule has 0 spiro atoms. The highest BCUT2D eigenvalue weighted by atomic mass is 16.5. The minimum atomic E-state index is -0.00907. The van der Waals surface area contributed by atoms with E-state index in [4.69, 9.17) is 4.74 Å². The highest BCUT2D eigenvalue weighted by molar-refractivity contribution is 5.33. The minimum Gasteiger partial charge on any atom is -0.481 e. The molecule has 2 rings (SSSR count). The fourth-order valence-electron chi connectivity index (χ4n) is 2.35. The third-order valence-corrected chi connectivity index (χ3v) is 3.18. The van der Waals surface area contributed by atoms with Crippen LogP contribution in [0.1, 0.15) is 37.7 Å². The van der Waals surface area contributed by atoms with Gasteiger partial charge < -0.3 is 14.6 Å². The molecule has 0 fully saturated rings. The Bertz CT molecular complexity index is 538. The summed E-state index contributed by atoms with van der Waals surface area (Å²) in [5, 5.41) is 3.47. The number of pyridine rings is 1. The van der Waals surface area contributed by atoms with Gasteiger partial charge in [-0.3, -0.25) is 0 Å². The largest absolute Gasteiger partial charge is 0.481 e. The van der Waals surface area contributed by atoms with Crippen LogP contribution in [-0.4, -0.2) is 28.2 Å². The number of hydrogen-bond donors (Lipinski definition) is 1. The summed E-state index contributed by atoms with van der Waals surface area (Å²) in [5.74, 6) is 1.64. The lowest BCUT2D eigenvalue weighted by Gasteiger charge is -2.20. The number of hydrogen-bond acceptors (Lipinski definition) is 4. The van der Waals surface area contributed by atoms with Gasteiger partial charge in [-0.1, -0.05) is 19.9 Å². The lowest BCUT2D eigenvalue weighted by Crippen LogP contribution is -2.26. The van der Waals surface area contributed by atoms with Crippen LogP contribution in [0, 0.1) is 0 Å². The molecule has 5 nitrogen and oxygen atoms in total. The van der Waals surface area contributed by atoms with E-state index in [9.17, 15) is 0 Å². The van der Waals surface area contributed by atoms with E-state index in [1.165, 1.54) is 0 Å². The van der Waals surface area contributed by atoms with Crippen molar-refractivity contribution in [3.8, 4) is 5.88 Å². The molecule has 0 aliphatic carbocycles. The Morgan fingerprint density at radius 3 is 2.85 bits per heavy atom. The summed E-state index contributed by atoms with van der Waals surface area (Å²) in [6.07, 6.45) is 6.68. The highest BCUT2D eigenvalue weighted by Gasteiger charge is 2.22. The number of ether oxygens (including phenoxy) is 1. The van der Waals surface area contributed by atoms with Crippen molar-refractivity contribution in [1.82, 2.24) is 19.9 Å². The van der Waals surface area contributed by atoms with Crippen LogP contribution in [-0.2, 0) is 6.54 Å². The monoisotopic (exact) mass is 274 g/mol. The van der Waals surface area contributed by atoms with Gasteiger partial charge in [0.25, 0.3) is 0 Å². The first kappa shape index (κ1) is 14.5. The fraction of sp³-hybridized carbons (Fsp3) is 0.467. The van der Waals surface area contributed by atoms with Crippen LogP contribution in [0.2, 0.25) is 0 Å². The quantitative estimate of drug-likeness (QED) is 0.842. The zero-order valence-electron chi connectivity index (χ0n) is 12.3. The highest BCUT2D eigenvalue weighted by Crippen LogP contribution is 2.27. The summed E-state index contributed by atoms with van der Waals surface area (Å²) in [6.45, 7) is 6.06. The maximum absolute atomic E-state index is 5.38. The second kappa shape index (κ2) is 7.05. The molecule has 0 aliphatic heterocycles. The molecule has 0 radical (unpaired) electrons. The third-order valence-electron chi connectivity index (χ3n) is 3.18. The molecule has 0 amide bonds. The topological polar surface area (TPSA) is 52.0 Å². The SMILES string of the molecule is CCCn1ccnc1C(NCC)c1cccnc1OC. The van der Waals surface area contributed by atoms with Crippen molar-refractivity contribution in [1.29, 1.82) is 0 Å². The van der Waals surface area contributed by atoms with Gasteiger partial charge in [0.1, 0.15) is 5.82 Å². The van der Waals surface area contributed by atoms with E-state index in [1.54, 1.807) is 13.3 Å². The fourth-order valence-corrected chi connectivity index (χ4v) is 2.35. The number of aromatic nitrogens is 3. The van der Waals surface area contributed by atoms with Crippen LogP contribution in [0.25, 0.3) is 0 Å². The predicted octanol–water partition coefficient (Wildman–Crippen LogP) is 2.40. The Morgan fingerprint density at radius 2 is 2.15 bits per heavy atom. The van der Waals surface area contributed by atoms with Gasteiger partial charge in [0.05, 0.1) is 13.2 Å². The zero-order valence-corrected chi connectivity index (χ0v) is 12.3. The molecule has 1 N–H and O–H groups in total. The van der Waals surface area contributed by atoms with Gasteiger partial charge >= 0.3 is 0 Å². The lowest BCUT2D eigenvalue weighted by molar-refractivity contribution is 0.385. The number of nitrogens with zero attached hydrogens (tertiary/aromatic N) is 3. The van der Waals surface area contributed by atoms with Crippen LogP contribution < -0.4 is 10.1 Å². The Kier molecular flexibility index (Phi) is 5.12. The predicted molar refractivity (Wildman–Crippen MR) is 78.8 cm³/mol. The minimum absolute atomic E-state index is 0.00907. The maximum atomic E-state index is 5.38. The van der Waals surface area contributed by atoms with Crippen molar-refractivity contribution in [3.63, 3.8) is 0 Å². The van der Waals surface area contributed by atoms with E-state index in [-0.39, 0.29) is 6.04 Å². The summed E-state index contributed by atoms with van der Waals surface area (Å²) in [6, 6.07) is 3.95. The Balaban J connectivity index is 2.42. The number of imidazole rings is 1. The average molecular weight is 274 g/mol. The summed E-state index contributed by atoms with van der Waals surface area (Å²) >= 11 is 0. The van der Waals surface area contributed by atoms with Crippen LogP contribution >= 0.6 is 0 Å². The summed E-state index contributed by atoms with van der Waals surface area (Å²) in [5.41, 5.74) is 1.01. The molecular weight excluding hydrogens is 252 g/mol. The molecule has 0 saturated carbocycles. The molecule has 1 atom stereocenters. The standard InChI is InChI=1S/C15H22N4O/c1-4-10-19-11-9-17-14(19)13(16-5-2)12-7-6-8-18-15(12)20-3/h6-9,11,13,16H,4-5,10H2,1-3H3. The maximum Gasteiger partial charge on any atom is 0.218 e. The van der Waals surface area contributed by atoms with Crippen molar-refractivity contribution >= 4 is 0 Å². The van der Waals surface area contributed by atoms with Gasteiger partial charge in [0, 0.05) is 30.7 Å². The van der Waals surface area contributed by atoms with Crippen molar-refractivity contribution in [3.05, 3.63) is 42.1 Å². The molecule has 108 valence electrons. The van der Waals surface area contributed by atoms with Crippen molar-refractivity contribution in [2.45, 2.75) is 32.9 Å². The molecule has 2 aromatic rings. The van der Waals surface area contributed by atoms with Crippen molar-refractivity contribution < 1.29 is 4.74 Å². The summed E-state index contributed by atoms with van der Waals surface area (Å²) in [4.78, 5) is 8.81. The average Bonchev–Trinajstić information content (AvgIpc) is 2.93. The number of aryl methyl sites for hydroxylation is 1. The second-order valence-corrected chi connectivity index (χ2v) is 4.57. The normalized spacial score (nSPS) is 12.3. The third kappa shape index (κ3) is 2.99. The van der Waals surface area contributed by atoms with Crippen molar-refractivity contribution in [2.75, 3.05) is 13.7 Å². The first-order chi connectivity index (χ1) is 9.81. The van der Waals surface area contributed by atoms with E-state index in [0.29, 0.717) is 5.88 Å². The van der Waals surface area contributed by atoms with Crippen LogP contribution in [0.3, 0.4) is 0 Å². The summed E-state index contributed by atoms with van der Waals surface area (Å²) < 4.78 is 7.56. The lowest BCUT2D eigenvalue weighted by atomic mass is 10.1.